The minimum absolute atomic E-state index is 0.501. The largest absolute Gasteiger partial charge is 0.456 e. The van der Waals surface area contributed by atoms with Crippen LogP contribution in [0, 0.1) is 0 Å². The summed E-state index contributed by atoms with van der Waals surface area (Å²) in [5, 5.41) is 6.75. The van der Waals surface area contributed by atoms with Crippen LogP contribution >= 0.6 is 11.3 Å². The predicted octanol–water partition coefficient (Wildman–Crippen LogP) is 14.0. The van der Waals surface area contributed by atoms with Gasteiger partial charge < -0.3 is 8.98 Å². The van der Waals surface area contributed by atoms with E-state index < -0.39 is 0 Å². The molecule has 58 heavy (non-hydrogen) atoms. The van der Waals surface area contributed by atoms with Crippen LogP contribution in [0.25, 0.3) is 92.4 Å². The molecule has 0 radical (unpaired) electrons. The van der Waals surface area contributed by atoms with E-state index in [0.717, 1.165) is 77.3 Å². The highest BCUT2D eigenvalue weighted by molar-refractivity contribution is 7.26. The molecule has 12 rings (SSSR count). The van der Waals surface area contributed by atoms with Crippen molar-refractivity contribution in [3.8, 4) is 28.5 Å². The number of fused-ring (bicyclic) bond motifs is 9. The van der Waals surface area contributed by atoms with Crippen LogP contribution in [-0.4, -0.2) is 19.5 Å². The number of furan rings is 1. The molecule has 8 aromatic carbocycles. The highest BCUT2D eigenvalue weighted by Crippen LogP contribution is 2.46. The van der Waals surface area contributed by atoms with Gasteiger partial charge in [0.1, 0.15) is 11.2 Å². The van der Waals surface area contributed by atoms with E-state index in [4.69, 9.17) is 19.4 Å². The topological polar surface area (TPSA) is 60.0 Å². The van der Waals surface area contributed by atoms with Gasteiger partial charge in [0.15, 0.2) is 11.6 Å². The standard InChI is InChI=1S/C51H31N5OS/c1-3-15-32(16-4-1)49-52-50(40-23-13-22-38-35-19-7-10-24-41(35)55(48(38)40)33-17-5-2-6-18-33)54-51(53-49)56(34-29-30-37-36-20-8-11-26-43(36)57-44(37)31-34)42-25-14-28-46-47(42)39-21-9-12-27-45(39)58-46/h1-31H. The summed E-state index contributed by atoms with van der Waals surface area (Å²) in [4.78, 5) is 18.3. The van der Waals surface area contributed by atoms with Gasteiger partial charge in [-0.1, -0.05) is 121 Å². The van der Waals surface area contributed by atoms with Crippen molar-refractivity contribution in [2.24, 2.45) is 0 Å². The maximum absolute atomic E-state index is 6.50. The lowest BCUT2D eigenvalue weighted by molar-refractivity contribution is 0.669. The van der Waals surface area contributed by atoms with E-state index in [9.17, 15) is 0 Å². The molecule has 0 saturated carbocycles. The third kappa shape index (κ3) is 5.07. The molecular weight excluding hydrogens is 731 g/mol. The molecule has 0 unspecified atom stereocenters. The number of aromatic nitrogens is 4. The van der Waals surface area contributed by atoms with Gasteiger partial charge in [-0.15, -0.1) is 11.3 Å². The number of anilines is 3. The molecule has 0 saturated heterocycles. The van der Waals surface area contributed by atoms with Crippen molar-refractivity contribution in [1.82, 2.24) is 19.5 Å². The van der Waals surface area contributed by atoms with Crippen LogP contribution < -0.4 is 4.90 Å². The van der Waals surface area contributed by atoms with Crippen LogP contribution in [0.3, 0.4) is 0 Å². The summed E-state index contributed by atoms with van der Waals surface area (Å²) < 4.78 is 11.2. The summed E-state index contributed by atoms with van der Waals surface area (Å²) in [6.07, 6.45) is 0. The third-order valence-electron chi connectivity index (χ3n) is 11.0. The Morgan fingerprint density at radius 3 is 2.03 bits per heavy atom. The first-order valence-corrected chi connectivity index (χ1v) is 20.1. The molecule has 12 aromatic rings. The van der Waals surface area contributed by atoms with Crippen molar-refractivity contribution >= 4 is 92.6 Å². The van der Waals surface area contributed by atoms with E-state index in [1.54, 1.807) is 11.3 Å². The molecule has 0 bridgehead atoms. The normalized spacial score (nSPS) is 11.8. The van der Waals surface area contributed by atoms with Crippen molar-refractivity contribution in [2.75, 3.05) is 4.90 Å². The molecule has 4 aromatic heterocycles. The number of para-hydroxylation sites is 4. The van der Waals surface area contributed by atoms with Gasteiger partial charge >= 0.3 is 0 Å². The minimum Gasteiger partial charge on any atom is -0.456 e. The van der Waals surface area contributed by atoms with Gasteiger partial charge in [-0.05, 0) is 60.7 Å². The van der Waals surface area contributed by atoms with Gasteiger partial charge in [0.25, 0.3) is 0 Å². The van der Waals surface area contributed by atoms with Gasteiger partial charge in [0, 0.05) is 64.6 Å². The van der Waals surface area contributed by atoms with E-state index in [0.29, 0.717) is 17.6 Å². The molecule has 7 heteroatoms. The van der Waals surface area contributed by atoms with Crippen molar-refractivity contribution in [2.45, 2.75) is 0 Å². The van der Waals surface area contributed by atoms with Gasteiger partial charge in [0.05, 0.1) is 22.4 Å². The third-order valence-corrected chi connectivity index (χ3v) is 12.2. The zero-order chi connectivity index (χ0) is 38.2. The first-order valence-electron chi connectivity index (χ1n) is 19.3. The van der Waals surface area contributed by atoms with E-state index in [1.807, 2.05) is 30.3 Å². The average molecular weight is 762 g/mol. The number of rotatable bonds is 6. The summed E-state index contributed by atoms with van der Waals surface area (Å²) in [6.45, 7) is 0. The van der Waals surface area contributed by atoms with Gasteiger partial charge in [-0.3, -0.25) is 4.90 Å². The molecule has 0 fully saturated rings. The highest BCUT2D eigenvalue weighted by atomic mass is 32.1. The number of hydrogen-bond donors (Lipinski definition) is 0. The van der Waals surface area contributed by atoms with Crippen LogP contribution in [0.1, 0.15) is 0 Å². The van der Waals surface area contributed by atoms with Gasteiger partial charge in [-0.25, -0.2) is 4.98 Å². The molecular formula is C51H31N5OS. The molecule has 0 aliphatic carbocycles. The zero-order valence-electron chi connectivity index (χ0n) is 31.0. The van der Waals surface area contributed by atoms with Crippen molar-refractivity contribution in [1.29, 1.82) is 0 Å². The van der Waals surface area contributed by atoms with Gasteiger partial charge in [-0.2, -0.15) is 9.97 Å². The fraction of sp³-hybridized carbons (Fsp3) is 0. The highest BCUT2D eigenvalue weighted by Gasteiger charge is 2.25. The second-order valence-electron chi connectivity index (χ2n) is 14.4. The Morgan fingerprint density at radius 2 is 1.16 bits per heavy atom. The Bertz CT molecular complexity index is 3530. The molecule has 0 spiro atoms. The Balaban J connectivity index is 1.18. The lowest BCUT2D eigenvalue weighted by Crippen LogP contribution is -2.15. The van der Waals surface area contributed by atoms with Crippen LogP contribution in [0.15, 0.2) is 192 Å². The molecule has 0 amide bonds. The van der Waals surface area contributed by atoms with Crippen LogP contribution in [0.5, 0.6) is 0 Å². The number of nitrogens with zero attached hydrogens (tertiary/aromatic N) is 5. The van der Waals surface area contributed by atoms with Crippen LogP contribution in [-0.2, 0) is 0 Å². The summed E-state index contributed by atoms with van der Waals surface area (Å²) >= 11 is 1.79. The van der Waals surface area contributed by atoms with Crippen molar-refractivity contribution in [3.05, 3.63) is 188 Å². The molecule has 0 atom stereocenters. The Kier molecular flexibility index (Phi) is 7.30. The molecule has 0 aliphatic rings. The van der Waals surface area contributed by atoms with Crippen LogP contribution in [0.4, 0.5) is 17.3 Å². The summed E-state index contributed by atoms with van der Waals surface area (Å²) in [6, 6.07) is 65.4. The fourth-order valence-corrected chi connectivity index (χ4v) is 9.63. The van der Waals surface area contributed by atoms with E-state index in [1.165, 1.54) is 14.8 Å². The molecule has 272 valence electrons. The SMILES string of the molecule is c1ccc(-c2nc(-c3cccc4c5ccccc5n(-c5ccccc5)c34)nc(N(c3ccc4c(c3)oc3ccccc34)c3cccc4sc5ccccc5c34)n2)cc1. The Hall–Kier alpha value is -7.61. The number of thiophene rings is 1. The van der Waals surface area contributed by atoms with E-state index in [-0.39, 0.29) is 0 Å². The lowest BCUT2D eigenvalue weighted by atomic mass is 10.1. The maximum atomic E-state index is 6.50. The Morgan fingerprint density at radius 1 is 0.483 bits per heavy atom. The zero-order valence-corrected chi connectivity index (χ0v) is 31.8. The van der Waals surface area contributed by atoms with Crippen molar-refractivity contribution in [3.63, 3.8) is 0 Å². The van der Waals surface area contributed by atoms with Crippen molar-refractivity contribution < 1.29 is 4.42 Å². The Labute approximate surface area is 336 Å². The van der Waals surface area contributed by atoms with Crippen LogP contribution in [0.2, 0.25) is 0 Å². The summed E-state index contributed by atoms with van der Waals surface area (Å²) in [7, 11) is 0. The molecule has 0 N–H and O–H groups in total. The first kappa shape index (κ1) is 32.6. The molecule has 0 aliphatic heterocycles. The molecule has 6 nitrogen and oxygen atoms in total. The van der Waals surface area contributed by atoms with Gasteiger partial charge in [0.2, 0.25) is 5.95 Å². The second kappa shape index (κ2) is 13.0. The average Bonchev–Trinajstić information content (AvgIpc) is 3.97. The monoisotopic (exact) mass is 761 g/mol. The smallest absolute Gasteiger partial charge is 0.238 e. The predicted molar refractivity (Wildman–Crippen MR) is 240 cm³/mol. The summed E-state index contributed by atoms with van der Waals surface area (Å²) in [5.41, 5.74) is 8.51. The van der Waals surface area contributed by atoms with E-state index >= 15 is 0 Å². The maximum Gasteiger partial charge on any atom is 0.238 e. The fourth-order valence-electron chi connectivity index (χ4n) is 8.50. The second-order valence-corrected chi connectivity index (χ2v) is 15.5. The summed E-state index contributed by atoms with van der Waals surface area (Å²) in [5.74, 6) is 1.66. The quantitative estimate of drug-likeness (QED) is 0.169. The number of benzene rings is 8. The molecule has 4 heterocycles. The van der Waals surface area contributed by atoms with E-state index in [2.05, 4.69) is 167 Å². The number of hydrogen-bond acceptors (Lipinski definition) is 6. The lowest BCUT2D eigenvalue weighted by Gasteiger charge is -2.25. The first-order chi connectivity index (χ1) is 28.8. The minimum atomic E-state index is 0.501.